The molecule has 1 saturated heterocycles. The molecule has 8 heteroatoms. The van der Waals surface area contributed by atoms with Gasteiger partial charge in [-0.1, -0.05) is 57.4 Å². The van der Waals surface area contributed by atoms with Gasteiger partial charge in [0, 0.05) is 15.1 Å². The first-order chi connectivity index (χ1) is 15.8. The molecule has 1 N–H and O–H groups in total. The number of benzene rings is 3. The van der Waals surface area contributed by atoms with E-state index < -0.39 is 17.8 Å². The third kappa shape index (κ3) is 5.16. The average Bonchev–Trinajstić information content (AvgIpc) is 2.77. The zero-order chi connectivity index (χ0) is 23.5. The quantitative estimate of drug-likeness (QED) is 0.345. The van der Waals surface area contributed by atoms with Gasteiger partial charge in [0.1, 0.15) is 17.9 Å². The van der Waals surface area contributed by atoms with Gasteiger partial charge < -0.3 is 4.74 Å². The molecule has 0 radical (unpaired) electrons. The molecule has 0 unspecified atom stereocenters. The lowest BCUT2D eigenvalue weighted by Crippen LogP contribution is -2.54. The Bertz CT molecular complexity index is 1290. The van der Waals surface area contributed by atoms with Crippen molar-refractivity contribution in [2.45, 2.75) is 13.5 Å². The third-order valence-corrected chi connectivity index (χ3v) is 5.68. The summed E-state index contributed by atoms with van der Waals surface area (Å²) in [5.41, 5.74) is 2.72. The van der Waals surface area contributed by atoms with E-state index in [0.717, 1.165) is 20.5 Å². The van der Waals surface area contributed by atoms with Crippen LogP contribution in [0.25, 0.3) is 6.08 Å². The lowest BCUT2D eigenvalue weighted by atomic mass is 10.1. The van der Waals surface area contributed by atoms with E-state index in [2.05, 4.69) is 21.2 Å². The summed E-state index contributed by atoms with van der Waals surface area (Å²) in [7, 11) is 0. The van der Waals surface area contributed by atoms with Gasteiger partial charge in [0.2, 0.25) is 0 Å². The molecule has 0 atom stereocenters. The van der Waals surface area contributed by atoms with Gasteiger partial charge in [-0.2, -0.15) is 0 Å². The molecule has 0 bridgehead atoms. The van der Waals surface area contributed by atoms with Gasteiger partial charge in [0.25, 0.3) is 11.8 Å². The molecule has 1 heterocycles. The fourth-order valence-corrected chi connectivity index (χ4v) is 3.87. The van der Waals surface area contributed by atoms with E-state index in [4.69, 9.17) is 16.3 Å². The number of imide groups is 2. The molecule has 33 heavy (non-hydrogen) atoms. The molecule has 3 aromatic rings. The number of hydrogen-bond acceptors (Lipinski definition) is 4. The molecule has 3 aromatic carbocycles. The summed E-state index contributed by atoms with van der Waals surface area (Å²) in [5, 5.41) is 2.67. The van der Waals surface area contributed by atoms with E-state index >= 15 is 0 Å². The second kappa shape index (κ2) is 9.60. The first-order valence-corrected chi connectivity index (χ1v) is 11.1. The second-order valence-electron chi connectivity index (χ2n) is 7.39. The monoisotopic (exact) mass is 524 g/mol. The number of aryl methyl sites for hydroxylation is 1. The van der Waals surface area contributed by atoms with Crippen molar-refractivity contribution in [2.24, 2.45) is 0 Å². The maximum absolute atomic E-state index is 13.1. The number of hydrogen-bond donors (Lipinski definition) is 1. The van der Waals surface area contributed by atoms with Crippen molar-refractivity contribution >= 4 is 57.1 Å². The van der Waals surface area contributed by atoms with Crippen molar-refractivity contribution < 1.29 is 19.1 Å². The topological polar surface area (TPSA) is 75.7 Å². The van der Waals surface area contributed by atoms with Gasteiger partial charge in [-0.3, -0.25) is 14.9 Å². The van der Waals surface area contributed by atoms with Crippen LogP contribution in [0.5, 0.6) is 5.75 Å². The summed E-state index contributed by atoms with van der Waals surface area (Å²) < 4.78 is 6.73. The minimum Gasteiger partial charge on any atom is -0.488 e. The molecule has 0 aliphatic carbocycles. The molecule has 4 amide bonds. The standard InChI is InChI=1S/C25H18BrClN2O4/c1-15-3-2-4-16(11-15)14-33-22-10-5-18(26)12-17(22)13-21-23(30)28-25(32)29(24(21)31)20-8-6-19(27)7-9-20/h2-13H,14H2,1H3,(H,28,30,32)/b21-13+. The van der Waals surface area contributed by atoms with E-state index in [9.17, 15) is 14.4 Å². The minimum absolute atomic E-state index is 0.192. The van der Waals surface area contributed by atoms with Gasteiger partial charge in [-0.05, 0) is 61.0 Å². The Morgan fingerprint density at radius 3 is 2.52 bits per heavy atom. The fourth-order valence-electron chi connectivity index (χ4n) is 3.36. The largest absolute Gasteiger partial charge is 0.488 e. The van der Waals surface area contributed by atoms with Crippen molar-refractivity contribution in [2.75, 3.05) is 4.90 Å². The minimum atomic E-state index is -0.824. The molecule has 1 aliphatic heterocycles. The number of carbonyl (C=O) groups is 3. The zero-order valence-electron chi connectivity index (χ0n) is 17.5. The van der Waals surface area contributed by atoms with E-state index in [0.29, 0.717) is 28.6 Å². The Labute approximate surface area is 203 Å². The zero-order valence-corrected chi connectivity index (χ0v) is 19.8. The first-order valence-electron chi connectivity index (χ1n) is 9.97. The normalized spacial score (nSPS) is 15.1. The van der Waals surface area contributed by atoms with Gasteiger partial charge in [0.05, 0.1) is 5.69 Å². The number of ether oxygens (including phenoxy) is 1. The second-order valence-corrected chi connectivity index (χ2v) is 8.75. The number of halogens is 2. The number of barbiturate groups is 1. The molecule has 0 aromatic heterocycles. The number of carbonyl (C=O) groups excluding carboxylic acids is 3. The summed E-state index contributed by atoms with van der Waals surface area (Å²) in [6, 6.07) is 18.6. The number of urea groups is 1. The molecular formula is C25H18BrClN2O4. The molecule has 166 valence electrons. The van der Waals surface area contributed by atoms with Crippen LogP contribution >= 0.6 is 27.5 Å². The predicted molar refractivity (Wildman–Crippen MR) is 130 cm³/mol. The number of amides is 4. The highest BCUT2D eigenvalue weighted by molar-refractivity contribution is 9.10. The van der Waals surface area contributed by atoms with Crippen molar-refractivity contribution in [1.29, 1.82) is 0 Å². The van der Waals surface area contributed by atoms with E-state index in [-0.39, 0.29) is 5.57 Å². The van der Waals surface area contributed by atoms with Crippen LogP contribution in [0.15, 0.2) is 76.8 Å². The highest BCUT2D eigenvalue weighted by Gasteiger charge is 2.37. The number of nitrogens with one attached hydrogen (secondary N) is 1. The smallest absolute Gasteiger partial charge is 0.335 e. The SMILES string of the molecule is Cc1cccc(COc2ccc(Br)cc2/C=C2\C(=O)NC(=O)N(c3ccc(Cl)cc3)C2=O)c1. The first kappa shape index (κ1) is 22.8. The Hall–Kier alpha value is -3.42. The predicted octanol–water partition coefficient (Wildman–Crippen LogP) is 5.66. The lowest BCUT2D eigenvalue weighted by molar-refractivity contribution is -0.122. The van der Waals surface area contributed by atoms with E-state index in [1.165, 1.54) is 18.2 Å². The van der Waals surface area contributed by atoms with Crippen LogP contribution < -0.4 is 15.0 Å². The molecular weight excluding hydrogens is 508 g/mol. The van der Waals surface area contributed by atoms with E-state index in [1.54, 1.807) is 30.3 Å². The highest BCUT2D eigenvalue weighted by Crippen LogP contribution is 2.29. The van der Waals surface area contributed by atoms with Crippen molar-refractivity contribution in [3.05, 3.63) is 98.5 Å². The molecule has 0 saturated carbocycles. The summed E-state index contributed by atoms with van der Waals surface area (Å²) in [6.45, 7) is 2.31. The van der Waals surface area contributed by atoms with Crippen LogP contribution in [0.1, 0.15) is 16.7 Å². The molecule has 1 aliphatic rings. The van der Waals surface area contributed by atoms with Crippen LogP contribution in [0.3, 0.4) is 0 Å². The molecule has 6 nitrogen and oxygen atoms in total. The lowest BCUT2D eigenvalue weighted by Gasteiger charge is -2.26. The average molecular weight is 526 g/mol. The van der Waals surface area contributed by atoms with Gasteiger partial charge in [-0.25, -0.2) is 9.69 Å². The number of rotatable bonds is 5. The number of anilines is 1. The van der Waals surface area contributed by atoms with Crippen molar-refractivity contribution in [1.82, 2.24) is 5.32 Å². The van der Waals surface area contributed by atoms with Crippen LogP contribution in [-0.2, 0) is 16.2 Å². The Morgan fingerprint density at radius 1 is 1.03 bits per heavy atom. The van der Waals surface area contributed by atoms with Crippen LogP contribution in [0.4, 0.5) is 10.5 Å². The third-order valence-electron chi connectivity index (χ3n) is 4.93. The summed E-state index contributed by atoms with van der Waals surface area (Å²) in [6.07, 6.45) is 1.42. The maximum atomic E-state index is 13.1. The Kier molecular flexibility index (Phi) is 6.62. The summed E-state index contributed by atoms with van der Waals surface area (Å²) >= 11 is 9.32. The van der Waals surface area contributed by atoms with Crippen LogP contribution in [0, 0.1) is 6.92 Å². The van der Waals surface area contributed by atoms with Crippen molar-refractivity contribution in [3.8, 4) is 5.75 Å². The van der Waals surface area contributed by atoms with Gasteiger partial charge in [0.15, 0.2) is 0 Å². The van der Waals surface area contributed by atoms with Gasteiger partial charge in [-0.15, -0.1) is 0 Å². The van der Waals surface area contributed by atoms with Crippen molar-refractivity contribution in [3.63, 3.8) is 0 Å². The molecule has 0 spiro atoms. The maximum Gasteiger partial charge on any atom is 0.335 e. The Balaban J connectivity index is 1.67. The van der Waals surface area contributed by atoms with E-state index in [1.807, 2.05) is 31.2 Å². The summed E-state index contributed by atoms with van der Waals surface area (Å²) in [5.74, 6) is -1.03. The number of nitrogens with zero attached hydrogens (tertiary/aromatic N) is 1. The molecule has 4 rings (SSSR count). The Morgan fingerprint density at radius 2 is 1.79 bits per heavy atom. The molecule has 1 fully saturated rings. The van der Waals surface area contributed by atoms with Crippen LogP contribution in [0.2, 0.25) is 5.02 Å². The van der Waals surface area contributed by atoms with Gasteiger partial charge >= 0.3 is 6.03 Å². The highest BCUT2D eigenvalue weighted by atomic mass is 79.9. The fraction of sp³-hybridized carbons (Fsp3) is 0.0800. The summed E-state index contributed by atoms with van der Waals surface area (Å²) in [4.78, 5) is 39.0. The van der Waals surface area contributed by atoms with Crippen LogP contribution in [-0.4, -0.2) is 17.8 Å².